The van der Waals surface area contributed by atoms with Crippen molar-refractivity contribution in [2.75, 3.05) is 13.2 Å². The van der Waals surface area contributed by atoms with Crippen molar-refractivity contribution in [3.05, 3.63) is 0 Å². The minimum Gasteiger partial charge on any atom is -0.391 e. The highest BCUT2D eigenvalue weighted by Gasteiger charge is 2.02. The van der Waals surface area contributed by atoms with Gasteiger partial charge in [-0.2, -0.15) is 0 Å². The lowest BCUT2D eigenvalue weighted by Crippen LogP contribution is -2.15. The van der Waals surface area contributed by atoms with Crippen molar-refractivity contribution >= 4 is 0 Å². The third kappa shape index (κ3) is 8.02. The van der Waals surface area contributed by atoms with E-state index < -0.39 is 0 Å². The minimum atomic E-state index is -0.262. The summed E-state index contributed by atoms with van der Waals surface area (Å²) in [6.07, 6.45) is 2.69. The van der Waals surface area contributed by atoms with Gasteiger partial charge in [-0.3, -0.25) is 0 Å². The maximum absolute atomic E-state index is 9.29. The molecular formula is C10H22O2. The molecule has 0 spiro atoms. The second-order valence-electron chi connectivity index (χ2n) is 3.70. The van der Waals surface area contributed by atoms with Gasteiger partial charge < -0.3 is 9.84 Å². The van der Waals surface area contributed by atoms with Gasteiger partial charge in [-0.1, -0.05) is 27.2 Å². The minimum absolute atomic E-state index is 0.262. The Hall–Kier alpha value is -0.0800. The molecule has 0 fully saturated rings. The van der Waals surface area contributed by atoms with Crippen molar-refractivity contribution < 1.29 is 9.84 Å². The SMILES string of the molecule is CCCC(O)COCCC(C)C. The molecule has 0 saturated carbocycles. The number of aliphatic hydroxyl groups is 1. The van der Waals surface area contributed by atoms with E-state index in [1.54, 1.807) is 0 Å². The maximum Gasteiger partial charge on any atom is 0.0773 e. The first-order valence-corrected chi connectivity index (χ1v) is 4.92. The van der Waals surface area contributed by atoms with Crippen LogP contribution in [0.15, 0.2) is 0 Å². The lowest BCUT2D eigenvalue weighted by Gasteiger charge is -2.10. The van der Waals surface area contributed by atoms with E-state index >= 15 is 0 Å². The lowest BCUT2D eigenvalue weighted by atomic mass is 10.1. The van der Waals surface area contributed by atoms with Crippen LogP contribution >= 0.6 is 0 Å². The Labute approximate surface area is 75.9 Å². The van der Waals surface area contributed by atoms with E-state index in [0.29, 0.717) is 12.5 Å². The van der Waals surface area contributed by atoms with Crippen LogP contribution in [0, 0.1) is 5.92 Å². The highest BCUT2D eigenvalue weighted by molar-refractivity contribution is 4.52. The molecule has 1 unspecified atom stereocenters. The zero-order valence-electron chi connectivity index (χ0n) is 8.55. The third-order valence-corrected chi connectivity index (χ3v) is 1.77. The van der Waals surface area contributed by atoms with Crippen LogP contribution in [0.25, 0.3) is 0 Å². The van der Waals surface area contributed by atoms with Crippen molar-refractivity contribution in [2.24, 2.45) is 5.92 Å². The van der Waals surface area contributed by atoms with Crippen molar-refractivity contribution in [2.45, 2.75) is 46.1 Å². The molecular weight excluding hydrogens is 152 g/mol. The summed E-state index contributed by atoms with van der Waals surface area (Å²) >= 11 is 0. The van der Waals surface area contributed by atoms with Crippen LogP contribution in [0.2, 0.25) is 0 Å². The number of hydrogen-bond acceptors (Lipinski definition) is 2. The smallest absolute Gasteiger partial charge is 0.0773 e. The van der Waals surface area contributed by atoms with Crippen LogP contribution in [-0.4, -0.2) is 24.4 Å². The molecule has 0 saturated heterocycles. The fourth-order valence-corrected chi connectivity index (χ4v) is 0.955. The number of ether oxygens (including phenoxy) is 1. The first-order valence-electron chi connectivity index (χ1n) is 4.92. The van der Waals surface area contributed by atoms with Crippen molar-refractivity contribution in [1.82, 2.24) is 0 Å². The largest absolute Gasteiger partial charge is 0.391 e. The monoisotopic (exact) mass is 174 g/mol. The molecule has 0 aliphatic carbocycles. The van der Waals surface area contributed by atoms with Crippen LogP contribution in [0.1, 0.15) is 40.0 Å². The Kier molecular flexibility index (Phi) is 7.51. The standard InChI is InChI=1S/C10H22O2/c1-4-5-10(11)8-12-7-6-9(2)3/h9-11H,4-8H2,1-3H3. The van der Waals surface area contributed by atoms with Crippen LogP contribution < -0.4 is 0 Å². The van der Waals surface area contributed by atoms with Crippen LogP contribution in [0.5, 0.6) is 0 Å². The predicted molar refractivity (Wildman–Crippen MR) is 51.2 cm³/mol. The number of hydrogen-bond donors (Lipinski definition) is 1. The first-order chi connectivity index (χ1) is 5.66. The second-order valence-corrected chi connectivity index (χ2v) is 3.70. The summed E-state index contributed by atoms with van der Waals surface area (Å²) in [5.41, 5.74) is 0. The molecule has 0 aliphatic rings. The predicted octanol–water partition coefficient (Wildman–Crippen LogP) is 2.21. The molecule has 0 aromatic heterocycles. The van der Waals surface area contributed by atoms with Gasteiger partial charge in [-0.15, -0.1) is 0 Å². The van der Waals surface area contributed by atoms with E-state index in [1.807, 2.05) is 0 Å². The Bertz CT molecular complexity index is 91.8. The highest BCUT2D eigenvalue weighted by atomic mass is 16.5. The zero-order valence-corrected chi connectivity index (χ0v) is 8.55. The van der Waals surface area contributed by atoms with E-state index in [0.717, 1.165) is 25.9 Å². The topological polar surface area (TPSA) is 29.5 Å². The molecule has 0 bridgehead atoms. The van der Waals surface area contributed by atoms with Crippen LogP contribution in [0.3, 0.4) is 0 Å². The average Bonchev–Trinajstić information content (AvgIpc) is 1.98. The van der Waals surface area contributed by atoms with Gasteiger partial charge >= 0.3 is 0 Å². The summed E-state index contributed by atoms with van der Waals surface area (Å²) in [5, 5.41) is 9.29. The average molecular weight is 174 g/mol. The molecule has 0 radical (unpaired) electrons. The summed E-state index contributed by atoms with van der Waals surface area (Å²) in [6.45, 7) is 7.69. The van der Waals surface area contributed by atoms with E-state index in [-0.39, 0.29) is 6.10 Å². The lowest BCUT2D eigenvalue weighted by molar-refractivity contribution is 0.0283. The molecule has 0 rings (SSSR count). The van der Waals surface area contributed by atoms with E-state index in [4.69, 9.17) is 4.74 Å². The maximum atomic E-state index is 9.29. The molecule has 74 valence electrons. The Morgan fingerprint density at radius 1 is 1.25 bits per heavy atom. The molecule has 12 heavy (non-hydrogen) atoms. The van der Waals surface area contributed by atoms with Gasteiger partial charge in [0, 0.05) is 6.61 Å². The summed E-state index contributed by atoms with van der Waals surface area (Å²) < 4.78 is 5.31. The Morgan fingerprint density at radius 2 is 1.92 bits per heavy atom. The molecule has 0 heterocycles. The Morgan fingerprint density at radius 3 is 2.42 bits per heavy atom. The van der Waals surface area contributed by atoms with Gasteiger partial charge in [0.2, 0.25) is 0 Å². The van der Waals surface area contributed by atoms with E-state index in [1.165, 1.54) is 0 Å². The molecule has 0 aliphatic heterocycles. The quantitative estimate of drug-likeness (QED) is 0.600. The number of rotatable bonds is 7. The molecule has 1 N–H and O–H groups in total. The van der Waals surface area contributed by atoms with Crippen molar-refractivity contribution in [3.63, 3.8) is 0 Å². The van der Waals surface area contributed by atoms with Crippen molar-refractivity contribution in [3.8, 4) is 0 Å². The molecule has 1 atom stereocenters. The van der Waals surface area contributed by atoms with Gasteiger partial charge in [0.25, 0.3) is 0 Å². The van der Waals surface area contributed by atoms with E-state index in [9.17, 15) is 5.11 Å². The van der Waals surface area contributed by atoms with Gasteiger partial charge in [0.05, 0.1) is 12.7 Å². The van der Waals surface area contributed by atoms with Gasteiger partial charge in [-0.05, 0) is 18.8 Å². The Balaban J connectivity index is 3.08. The van der Waals surface area contributed by atoms with E-state index in [2.05, 4.69) is 20.8 Å². The summed E-state index contributed by atoms with van der Waals surface area (Å²) in [7, 11) is 0. The zero-order chi connectivity index (χ0) is 9.40. The summed E-state index contributed by atoms with van der Waals surface area (Å²) in [4.78, 5) is 0. The molecule has 0 aromatic rings. The van der Waals surface area contributed by atoms with Gasteiger partial charge in [0.1, 0.15) is 0 Å². The molecule has 0 amide bonds. The van der Waals surface area contributed by atoms with Crippen molar-refractivity contribution in [1.29, 1.82) is 0 Å². The third-order valence-electron chi connectivity index (χ3n) is 1.77. The highest BCUT2D eigenvalue weighted by Crippen LogP contribution is 2.01. The first kappa shape index (κ1) is 11.9. The van der Waals surface area contributed by atoms with Gasteiger partial charge in [-0.25, -0.2) is 0 Å². The fourth-order valence-electron chi connectivity index (χ4n) is 0.955. The summed E-state index contributed by atoms with van der Waals surface area (Å²) in [6, 6.07) is 0. The van der Waals surface area contributed by atoms with Gasteiger partial charge in [0.15, 0.2) is 0 Å². The second kappa shape index (κ2) is 7.56. The molecule has 2 nitrogen and oxygen atoms in total. The number of aliphatic hydroxyl groups excluding tert-OH is 1. The van der Waals surface area contributed by atoms with Crippen LogP contribution in [0.4, 0.5) is 0 Å². The normalized spacial score (nSPS) is 13.8. The molecule has 2 heteroatoms. The molecule has 0 aromatic carbocycles. The fraction of sp³-hybridized carbons (Fsp3) is 1.00. The summed E-state index contributed by atoms with van der Waals surface area (Å²) in [5.74, 6) is 0.688. The van der Waals surface area contributed by atoms with Crippen LogP contribution in [-0.2, 0) is 4.74 Å².